The Hall–Kier alpha value is -3.16. The van der Waals surface area contributed by atoms with Crippen molar-refractivity contribution >= 4 is 11.8 Å². The lowest BCUT2D eigenvalue weighted by atomic mass is 10.0. The van der Waals surface area contributed by atoms with Gasteiger partial charge in [-0.05, 0) is 43.0 Å². The predicted octanol–water partition coefficient (Wildman–Crippen LogP) is 1.52. The fourth-order valence-electron chi connectivity index (χ4n) is 3.31. The molecule has 3 rings (SSSR count). The van der Waals surface area contributed by atoms with Gasteiger partial charge in [-0.25, -0.2) is 5.10 Å². The fourth-order valence-corrected chi connectivity index (χ4v) is 3.31. The molecule has 0 bridgehead atoms. The average Bonchev–Trinajstić information content (AvgIpc) is 2.74. The van der Waals surface area contributed by atoms with Crippen LogP contribution in [0.1, 0.15) is 42.2 Å². The quantitative estimate of drug-likeness (QED) is 0.736. The van der Waals surface area contributed by atoms with E-state index in [1.165, 1.54) is 17.7 Å². The molecule has 2 aromatic rings. The predicted molar refractivity (Wildman–Crippen MR) is 108 cm³/mol. The minimum atomic E-state index is -0.345. The molecule has 2 amide bonds. The summed E-state index contributed by atoms with van der Waals surface area (Å²) >= 11 is 0. The summed E-state index contributed by atoms with van der Waals surface area (Å²) in [5.74, 6) is 0.282. The average molecular weight is 398 g/mol. The van der Waals surface area contributed by atoms with E-state index in [2.05, 4.69) is 22.4 Å². The molecule has 2 N–H and O–H groups in total. The first-order valence-corrected chi connectivity index (χ1v) is 9.91. The maximum Gasteiger partial charge on any atom is 0.274 e. The third-order valence-electron chi connectivity index (χ3n) is 4.88. The number of ether oxygens (including phenoxy) is 1. The van der Waals surface area contributed by atoms with Crippen molar-refractivity contribution in [2.75, 3.05) is 19.7 Å². The molecule has 0 unspecified atom stereocenters. The first kappa shape index (κ1) is 20.6. The second kappa shape index (κ2) is 9.86. The molecule has 8 heteroatoms. The number of likely N-dealkylation sites (tertiary alicyclic amines) is 1. The van der Waals surface area contributed by atoms with Gasteiger partial charge in [0.1, 0.15) is 11.4 Å². The molecule has 0 spiro atoms. The molecule has 154 valence electrons. The molecule has 1 aliphatic heterocycles. The molecule has 1 aromatic carbocycles. The van der Waals surface area contributed by atoms with Gasteiger partial charge in [0, 0.05) is 25.2 Å². The molecular weight excluding hydrogens is 372 g/mol. The minimum absolute atomic E-state index is 0.00520. The number of nitrogens with one attached hydrogen (secondary N) is 2. The van der Waals surface area contributed by atoms with Gasteiger partial charge in [-0.15, -0.1) is 0 Å². The third-order valence-corrected chi connectivity index (χ3v) is 4.88. The normalized spacial score (nSPS) is 14.4. The molecule has 1 aromatic heterocycles. The molecule has 0 saturated carbocycles. The molecule has 0 radical (unpaired) electrons. The maximum atomic E-state index is 12.4. The molecule has 8 nitrogen and oxygen atoms in total. The number of piperidine rings is 1. The van der Waals surface area contributed by atoms with Crippen LogP contribution in [0.4, 0.5) is 0 Å². The zero-order valence-electron chi connectivity index (χ0n) is 16.5. The van der Waals surface area contributed by atoms with E-state index in [1.807, 2.05) is 24.3 Å². The maximum absolute atomic E-state index is 12.4. The van der Waals surface area contributed by atoms with E-state index in [-0.39, 0.29) is 35.7 Å². The Morgan fingerprint density at radius 3 is 2.52 bits per heavy atom. The standard InChI is InChI=1S/C21H26N4O4/c1-2-3-15-4-6-17(7-5-15)29-14-20(27)22-16-10-12-25(13-11-16)21(28)18-8-9-19(26)24-23-18/h4-9,16H,2-3,10-14H2,1H3,(H,22,27)(H,24,26). The van der Waals surface area contributed by atoms with Crippen molar-refractivity contribution in [3.8, 4) is 5.75 Å². The fraction of sp³-hybridized carbons (Fsp3) is 0.429. The molecular formula is C21H26N4O4. The smallest absolute Gasteiger partial charge is 0.274 e. The molecule has 1 saturated heterocycles. The number of aromatic nitrogens is 2. The summed E-state index contributed by atoms with van der Waals surface area (Å²) in [6.07, 6.45) is 3.44. The van der Waals surface area contributed by atoms with Crippen LogP contribution in [0.5, 0.6) is 5.75 Å². The second-order valence-corrected chi connectivity index (χ2v) is 7.12. The number of amides is 2. The number of aryl methyl sites for hydroxylation is 1. The van der Waals surface area contributed by atoms with Crippen LogP contribution in [-0.2, 0) is 11.2 Å². The number of benzene rings is 1. The summed E-state index contributed by atoms with van der Waals surface area (Å²) in [7, 11) is 0. The monoisotopic (exact) mass is 398 g/mol. The number of hydrogen-bond donors (Lipinski definition) is 2. The highest BCUT2D eigenvalue weighted by molar-refractivity contribution is 5.92. The van der Waals surface area contributed by atoms with Gasteiger partial charge in [-0.2, -0.15) is 5.10 Å². The minimum Gasteiger partial charge on any atom is -0.484 e. The number of rotatable bonds is 7. The summed E-state index contributed by atoms with van der Waals surface area (Å²) in [5, 5.41) is 9.00. The van der Waals surface area contributed by atoms with Gasteiger partial charge in [-0.3, -0.25) is 14.4 Å². The van der Waals surface area contributed by atoms with Gasteiger partial charge in [0.15, 0.2) is 6.61 Å². The number of aromatic amines is 1. The number of nitrogens with zero attached hydrogens (tertiary/aromatic N) is 2. The van der Waals surface area contributed by atoms with Crippen LogP contribution >= 0.6 is 0 Å². The SMILES string of the molecule is CCCc1ccc(OCC(=O)NC2CCN(C(=O)c3ccc(=O)[nH]n3)CC2)cc1. The Kier molecular flexibility index (Phi) is 6.99. The molecule has 2 heterocycles. The summed E-state index contributed by atoms with van der Waals surface area (Å²) < 4.78 is 5.56. The van der Waals surface area contributed by atoms with E-state index in [1.54, 1.807) is 4.90 Å². The highest BCUT2D eigenvalue weighted by Crippen LogP contribution is 2.14. The van der Waals surface area contributed by atoms with Crippen molar-refractivity contribution in [1.29, 1.82) is 0 Å². The van der Waals surface area contributed by atoms with Crippen LogP contribution < -0.4 is 15.6 Å². The Morgan fingerprint density at radius 1 is 1.17 bits per heavy atom. The van der Waals surface area contributed by atoms with E-state index < -0.39 is 0 Å². The number of hydrogen-bond acceptors (Lipinski definition) is 5. The number of carbonyl (C=O) groups excluding carboxylic acids is 2. The summed E-state index contributed by atoms with van der Waals surface area (Å²) in [5.41, 5.74) is 1.12. The van der Waals surface area contributed by atoms with Gasteiger partial charge >= 0.3 is 0 Å². The van der Waals surface area contributed by atoms with Gasteiger partial charge in [0.25, 0.3) is 17.4 Å². The van der Waals surface area contributed by atoms with Gasteiger partial charge < -0.3 is 15.0 Å². The van der Waals surface area contributed by atoms with Gasteiger partial charge in [-0.1, -0.05) is 25.5 Å². The van der Waals surface area contributed by atoms with Crippen LogP contribution in [0.15, 0.2) is 41.2 Å². The summed E-state index contributed by atoms with van der Waals surface area (Å²) in [4.78, 5) is 37.3. The second-order valence-electron chi connectivity index (χ2n) is 7.12. The molecule has 0 aliphatic carbocycles. The lowest BCUT2D eigenvalue weighted by Crippen LogP contribution is -2.47. The Morgan fingerprint density at radius 2 is 1.90 bits per heavy atom. The largest absolute Gasteiger partial charge is 0.484 e. The summed E-state index contributed by atoms with van der Waals surface area (Å²) in [6, 6.07) is 10.5. The molecule has 1 aliphatic rings. The van der Waals surface area contributed by atoms with Gasteiger partial charge in [0.05, 0.1) is 0 Å². The van der Waals surface area contributed by atoms with Crippen LogP contribution in [-0.4, -0.2) is 52.6 Å². The van der Waals surface area contributed by atoms with Gasteiger partial charge in [0.2, 0.25) is 0 Å². The van der Waals surface area contributed by atoms with E-state index >= 15 is 0 Å². The summed E-state index contributed by atoms with van der Waals surface area (Å²) in [6.45, 7) is 3.14. The van der Waals surface area contributed by atoms with E-state index in [0.717, 1.165) is 12.8 Å². The number of carbonyl (C=O) groups is 2. The zero-order valence-corrected chi connectivity index (χ0v) is 16.5. The highest BCUT2D eigenvalue weighted by atomic mass is 16.5. The van der Waals surface area contributed by atoms with E-state index in [9.17, 15) is 14.4 Å². The van der Waals surface area contributed by atoms with Crippen molar-refractivity contribution in [2.24, 2.45) is 0 Å². The van der Waals surface area contributed by atoms with Crippen molar-refractivity contribution in [1.82, 2.24) is 20.4 Å². The van der Waals surface area contributed by atoms with Crippen LogP contribution in [0.3, 0.4) is 0 Å². The van der Waals surface area contributed by atoms with Crippen molar-refractivity contribution in [2.45, 2.75) is 38.6 Å². The Labute approximate surface area is 169 Å². The van der Waals surface area contributed by atoms with Crippen LogP contribution in [0, 0.1) is 0 Å². The zero-order chi connectivity index (χ0) is 20.6. The van der Waals surface area contributed by atoms with E-state index in [0.29, 0.717) is 31.7 Å². The van der Waals surface area contributed by atoms with Crippen LogP contribution in [0.2, 0.25) is 0 Å². The Balaban J connectivity index is 1.40. The topological polar surface area (TPSA) is 104 Å². The first-order chi connectivity index (χ1) is 14.0. The molecule has 29 heavy (non-hydrogen) atoms. The van der Waals surface area contributed by atoms with E-state index in [4.69, 9.17) is 4.74 Å². The highest BCUT2D eigenvalue weighted by Gasteiger charge is 2.25. The Bertz CT molecular complexity index is 866. The third kappa shape index (κ3) is 5.91. The lowest BCUT2D eigenvalue weighted by Gasteiger charge is -2.32. The van der Waals surface area contributed by atoms with Crippen molar-refractivity contribution < 1.29 is 14.3 Å². The van der Waals surface area contributed by atoms with Crippen molar-refractivity contribution in [3.63, 3.8) is 0 Å². The number of H-pyrrole nitrogens is 1. The first-order valence-electron chi connectivity index (χ1n) is 9.91. The van der Waals surface area contributed by atoms with Crippen molar-refractivity contribution in [3.05, 3.63) is 58.0 Å². The molecule has 1 fully saturated rings. The van der Waals surface area contributed by atoms with Crippen LogP contribution in [0.25, 0.3) is 0 Å². The lowest BCUT2D eigenvalue weighted by molar-refractivity contribution is -0.124. The molecule has 0 atom stereocenters.